The first kappa shape index (κ1) is 21.7. The minimum absolute atomic E-state index is 0.0612. The zero-order valence-corrected chi connectivity index (χ0v) is 18.7. The van der Waals surface area contributed by atoms with Gasteiger partial charge in [0, 0.05) is 16.6 Å². The molecule has 1 aliphatic rings. The number of cyclic esters (lactones) is 1. The second-order valence-electron chi connectivity index (χ2n) is 6.74. The Morgan fingerprint density at radius 3 is 2.50 bits per heavy atom. The molecule has 0 saturated carbocycles. The zero-order chi connectivity index (χ0) is 22.7. The first-order chi connectivity index (χ1) is 15.4. The van der Waals surface area contributed by atoms with Crippen molar-refractivity contribution in [3.05, 3.63) is 109 Å². The number of carbonyl (C=O) groups excluding carboxylic acids is 1. The lowest BCUT2D eigenvalue weighted by Gasteiger charge is -2.06. The van der Waals surface area contributed by atoms with Gasteiger partial charge in [-0.3, -0.25) is 10.1 Å². The Kier molecular flexibility index (Phi) is 6.34. The highest BCUT2D eigenvalue weighted by Gasteiger charge is 2.27. The molecule has 160 valence electrons. The maximum Gasteiger partial charge on any atom is 0.363 e. The molecule has 1 heterocycles. The molecular weight excluding hydrogens is 500 g/mol. The highest BCUT2D eigenvalue weighted by Crippen LogP contribution is 2.27. The third-order valence-corrected chi connectivity index (χ3v) is 5.37. The van der Waals surface area contributed by atoms with E-state index in [0.29, 0.717) is 17.9 Å². The van der Waals surface area contributed by atoms with Crippen LogP contribution in [0.15, 0.2) is 81.9 Å². The SMILES string of the molecule is O=C1OC(c2cc([N+](=O)[O-])ccc2Cl)=N/C1=C\c1ccc(OCc2ccc(Br)cc2)cc1. The molecular formula is C23H14BrClN2O5. The number of non-ortho nitro benzene ring substituents is 1. The summed E-state index contributed by atoms with van der Waals surface area (Å²) in [6.45, 7) is 0.428. The summed E-state index contributed by atoms with van der Waals surface area (Å²) in [4.78, 5) is 26.8. The molecule has 0 amide bonds. The average molecular weight is 514 g/mol. The number of benzene rings is 3. The lowest BCUT2D eigenvalue weighted by atomic mass is 10.2. The van der Waals surface area contributed by atoms with Crippen LogP contribution in [0, 0.1) is 10.1 Å². The summed E-state index contributed by atoms with van der Waals surface area (Å²) in [5, 5.41) is 11.2. The second kappa shape index (κ2) is 9.33. The molecule has 1 aliphatic heterocycles. The van der Waals surface area contributed by atoms with E-state index < -0.39 is 10.9 Å². The molecule has 4 rings (SSSR count). The quantitative estimate of drug-likeness (QED) is 0.176. The smallest absolute Gasteiger partial charge is 0.363 e. The van der Waals surface area contributed by atoms with Crippen molar-refractivity contribution in [2.24, 2.45) is 4.99 Å². The minimum Gasteiger partial charge on any atom is -0.489 e. The van der Waals surface area contributed by atoms with Gasteiger partial charge in [-0.1, -0.05) is 51.8 Å². The maximum atomic E-state index is 12.2. The Labute approximate surface area is 196 Å². The predicted octanol–water partition coefficient (Wildman–Crippen LogP) is 5.93. The van der Waals surface area contributed by atoms with Crippen LogP contribution in [0.25, 0.3) is 6.08 Å². The van der Waals surface area contributed by atoms with Crippen molar-refractivity contribution in [2.75, 3.05) is 0 Å². The summed E-state index contributed by atoms with van der Waals surface area (Å²) in [7, 11) is 0. The van der Waals surface area contributed by atoms with E-state index in [1.54, 1.807) is 30.3 Å². The van der Waals surface area contributed by atoms with Gasteiger partial charge in [0.15, 0.2) is 5.70 Å². The molecule has 0 aliphatic carbocycles. The van der Waals surface area contributed by atoms with Gasteiger partial charge in [-0.15, -0.1) is 0 Å². The van der Waals surface area contributed by atoms with Crippen LogP contribution in [0.4, 0.5) is 5.69 Å². The van der Waals surface area contributed by atoms with Crippen molar-refractivity contribution in [1.82, 2.24) is 0 Å². The van der Waals surface area contributed by atoms with Gasteiger partial charge in [0.25, 0.3) is 5.69 Å². The van der Waals surface area contributed by atoms with Crippen LogP contribution in [-0.4, -0.2) is 16.8 Å². The van der Waals surface area contributed by atoms with Gasteiger partial charge in [0.05, 0.1) is 15.5 Å². The fraction of sp³-hybridized carbons (Fsp3) is 0.0435. The number of esters is 1. The van der Waals surface area contributed by atoms with Crippen molar-refractivity contribution in [3.8, 4) is 5.75 Å². The number of nitrogens with zero attached hydrogens (tertiary/aromatic N) is 2. The summed E-state index contributed by atoms with van der Waals surface area (Å²) >= 11 is 9.50. The van der Waals surface area contributed by atoms with Crippen LogP contribution in [-0.2, 0) is 16.1 Å². The summed E-state index contributed by atoms with van der Waals surface area (Å²) < 4.78 is 11.9. The molecule has 9 heteroatoms. The number of carbonyl (C=O) groups is 1. The third-order valence-electron chi connectivity index (χ3n) is 4.51. The number of ether oxygens (including phenoxy) is 2. The molecule has 0 bridgehead atoms. The topological polar surface area (TPSA) is 91.0 Å². The highest BCUT2D eigenvalue weighted by molar-refractivity contribution is 9.10. The van der Waals surface area contributed by atoms with Crippen LogP contribution in [0.5, 0.6) is 5.75 Å². The fourth-order valence-electron chi connectivity index (χ4n) is 2.88. The first-order valence-corrected chi connectivity index (χ1v) is 10.5. The molecule has 7 nitrogen and oxygen atoms in total. The fourth-order valence-corrected chi connectivity index (χ4v) is 3.34. The Balaban J connectivity index is 1.49. The van der Waals surface area contributed by atoms with Crippen molar-refractivity contribution in [2.45, 2.75) is 6.61 Å². The van der Waals surface area contributed by atoms with Gasteiger partial charge < -0.3 is 9.47 Å². The number of nitro groups is 1. The van der Waals surface area contributed by atoms with E-state index in [1.807, 2.05) is 24.3 Å². The van der Waals surface area contributed by atoms with Gasteiger partial charge in [0.2, 0.25) is 5.90 Å². The van der Waals surface area contributed by atoms with Crippen molar-refractivity contribution in [3.63, 3.8) is 0 Å². The summed E-state index contributed by atoms with van der Waals surface area (Å²) in [6, 6.07) is 18.8. The van der Waals surface area contributed by atoms with Crippen molar-refractivity contribution >= 4 is 51.2 Å². The normalized spacial score (nSPS) is 14.2. The largest absolute Gasteiger partial charge is 0.489 e. The van der Waals surface area contributed by atoms with Crippen LogP contribution in [0.2, 0.25) is 5.02 Å². The Bertz CT molecular complexity index is 1250. The van der Waals surface area contributed by atoms with Crippen molar-refractivity contribution in [1.29, 1.82) is 0 Å². The summed E-state index contributed by atoms with van der Waals surface area (Å²) in [5.41, 5.74) is 1.80. The molecule has 0 radical (unpaired) electrons. The zero-order valence-electron chi connectivity index (χ0n) is 16.3. The number of rotatable bonds is 6. The number of hydrogen-bond donors (Lipinski definition) is 0. The van der Waals surface area contributed by atoms with Gasteiger partial charge in [0.1, 0.15) is 12.4 Å². The van der Waals surface area contributed by atoms with Gasteiger partial charge >= 0.3 is 5.97 Å². The molecule has 3 aromatic carbocycles. The molecule has 0 aromatic heterocycles. The number of hydrogen-bond acceptors (Lipinski definition) is 6. The Hall–Kier alpha value is -3.49. The second-order valence-corrected chi connectivity index (χ2v) is 8.06. The lowest BCUT2D eigenvalue weighted by molar-refractivity contribution is -0.384. The summed E-state index contributed by atoms with van der Waals surface area (Å²) in [5.74, 6) is -0.0702. The number of aliphatic imine (C=N–C) groups is 1. The van der Waals surface area contributed by atoms with E-state index in [4.69, 9.17) is 21.1 Å². The van der Waals surface area contributed by atoms with Gasteiger partial charge in [-0.25, -0.2) is 9.79 Å². The van der Waals surface area contributed by atoms with E-state index in [2.05, 4.69) is 20.9 Å². The third kappa shape index (κ3) is 5.04. The van der Waals surface area contributed by atoms with Crippen molar-refractivity contribution < 1.29 is 19.2 Å². The van der Waals surface area contributed by atoms with Crippen LogP contribution >= 0.6 is 27.5 Å². The van der Waals surface area contributed by atoms with E-state index in [1.165, 1.54) is 18.2 Å². The van der Waals surface area contributed by atoms with E-state index >= 15 is 0 Å². The molecule has 0 unspecified atom stereocenters. The maximum absolute atomic E-state index is 12.2. The monoisotopic (exact) mass is 512 g/mol. The van der Waals surface area contributed by atoms with Crippen LogP contribution < -0.4 is 4.74 Å². The van der Waals surface area contributed by atoms with E-state index in [-0.39, 0.29) is 27.9 Å². The predicted molar refractivity (Wildman–Crippen MR) is 124 cm³/mol. The molecule has 3 aromatic rings. The number of nitro benzene ring substituents is 1. The lowest BCUT2D eigenvalue weighted by Crippen LogP contribution is -2.06. The van der Waals surface area contributed by atoms with Gasteiger partial charge in [-0.2, -0.15) is 0 Å². The van der Waals surface area contributed by atoms with E-state index in [9.17, 15) is 14.9 Å². The Morgan fingerprint density at radius 2 is 1.81 bits per heavy atom. The molecule has 0 fully saturated rings. The number of halogens is 2. The van der Waals surface area contributed by atoms with Crippen LogP contribution in [0.3, 0.4) is 0 Å². The highest BCUT2D eigenvalue weighted by atomic mass is 79.9. The molecule has 32 heavy (non-hydrogen) atoms. The minimum atomic E-state index is -0.668. The standard InChI is InChI=1S/C23H14BrClN2O5/c24-16-5-1-15(2-6-16)13-31-18-8-3-14(4-9-18)11-21-23(28)32-22(26-21)19-12-17(27(29)30)7-10-20(19)25/h1-12H,13H2/b21-11-. The molecule has 0 N–H and O–H groups in total. The summed E-state index contributed by atoms with van der Waals surface area (Å²) in [6.07, 6.45) is 1.55. The first-order valence-electron chi connectivity index (χ1n) is 9.33. The molecule has 0 spiro atoms. The van der Waals surface area contributed by atoms with E-state index in [0.717, 1.165) is 10.0 Å². The average Bonchev–Trinajstić information content (AvgIpc) is 3.14. The van der Waals surface area contributed by atoms with Gasteiger partial charge in [-0.05, 0) is 47.5 Å². The molecule has 0 saturated heterocycles. The molecule has 0 atom stereocenters. The van der Waals surface area contributed by atoms with Crippen LogP contribution in [0.1, 0.15) is 16.7 Å². The Morgan fingerprint density at radius 1 is 1.09 bits per heavy atom.